The number of nitrogens with one attached hydrogen (secondary N) is 5. The fourth-order valence-corrected chi connectivity index (χ4v) is 3.66. The Balaban J connectivity index is 1.52. The number of aromatic nitrogens is 1. The van der Waals surface area contributed by atoms with E-state index in [-0.39, 0.29) is 23.4 Å². The van der Waals surface area contributed by atoms with Crippen LogP contribution < -0.4 is 10.6 Å². The summed E-state index contributed by atoms with van der Waals surface area (Å²) < 4.78 is 0. The van der Waals surface area contributed by atoms with Crippen molar-refractivity contribution in [3.63, 3.8) is 0 Å². The van der Waals surface area contributed by atoms with Crippen molar-refractivity contribution in [2.45, 2.75) is 38.8 Å². The second kappa shape index (κ2) is 8.24. The summed E-state index contributed by atoms with van der Waals surface area (Å²) in [4.78, 5) is 19.8. The average molecular weight is 398 g/mol. The van der Waals surface area contributed by atoms with Gasteiger partial charge in [0.05, 0.1) is 0 Å². The summed E-state index contributed by atoms with van der Waals surface area (Å²) in [5.74, 6) is -0.719. The highest BCUT2D eigenvalue weighted by Crippen LogP contribution is 2.19. The van der Waals surface area contributed by atoms with Crippen LogP contribution in [0.25, 0.3) is 10.9 Å². The van der Waals surface area contributed by atoms with Gasteiger partial charge in [-0.05, 0) is 45.9 Å². The molecule has 1 aliphatic heterocycles. The Morgan fingerprint density at radius 1 is 1.28 bits per heavy atom. The van der Waals surface area contributed by atoms with E-state index in [1.165, 1.54) is 0 Å². The molecule has 1 aromatic heterocycles. The lowest BCUT2D eigenvalue weighted by molar-refractivity contribution is -0.115. The maximum absolute atomic E-state index is 12.4. The van der Waals surface area contributed by atoms with Crippen LogP contribution in [-0.4, -0.2) is 70.7 Å². The summed E-state index contributed by atoms with van der Waals surface area (Å²) in [6.45, 7) is 8.35. The third-order valence-electron chi connectivity index (χ3n) is 5.68. The van der Waals surface area contributed by atoms with E-state index >= 15 is 0 Å². The van der Waals surface area contributed by atoms with Crippen LogP contribution in [0.15, 0.2) is 30.5 Å². The third-order valence-corrected chi connectivity index (χ3v) is 5.68. The van der Waals surface area contributed by atoms with E-state index < -0.39 is 5.91 Å². The van der Waals surface area contributed by atoms with Crippen molar-refractivity contribution in [3.8, 4) is 0 Å². The Bertz CT molecular complexity index is 917. The number of piperazine rings is 1. The SMILES string of the molecule is CC(Cc1c[nH]c2ccccc12)NC(=O)C(=N)NC(=N)N1CCN(C)C(C)(C)C1. The van der Waals surface area contributed by atoms with Gasteiger partial charge in [-0.2, -0.15) is 0 Å². The molecule has 2 heterocycles. The van der Waals surface area contributed by atoms with Crippen molar-refractivity contribution in [2.24, 2.45) is 0 Å². The standard InChI is InChI=1S/C21H31N7O/c1-14(11-15-12-24-17-8-6-5-7-16(15)17)25-19(29)18(22)26-20(23)28-10-9-27(4)21(2,3)13-28/h5-8,12,14,24H,9-11,13H2,1-4H3,(H,25,29)(H3,22,23,26). The molecule has 1 fully saturated rings. The van der Waals surface area contributed by atoms with Gasteiger partial charge in [-0.3, -0.25) is 20.5 Å². The number of likely N-dealkylation sites (N-methyl/N-ethyl adjacent to an activating group) is 1. The topological polar surface area (TPSA) is 111 Å². The first-order valence-corrected chi connectivity index (χ1v) is 9.93. The first-order valence-electron chi connectivity index (χ1n) is 9.93. The van der Waals surface area contributed by atoms with Gasteiger partial charge in [0.15, 0.2) is 11.8 Å². The Morgan fingerprint density at radius 3 is 2.72 bits per heavy atom. The Hall–Kier alpha value is -2.87. The van der Waals surface area contributed by atoms with Gasteiger partial charge in [0.25, 0.3) is 5.91 Å². The van der Waals surface area contributed by atoms with Gasteiger partial charge in [-0.25, -0.2) is 0 Å². The van der Waals surface area contributed by atoms with Crippen LogP contribution in [0.1, 0.15) is 26.3 Å². The number of fused-ring (bicyclic) bond motifs is 1. The minimum absolute atomic E-state index is 0.0650. The molecular weight excluding hydrogens is 366 g/mol. The van der Waals surface area contributed by atoms with Gasteiger partial charge in [0.1, 0.15) is 0 Å². The number of rotatable bonds is 3. The van der Waals surface area contributed by atoms with Crippen molar-refractivity contribution in [2.75, 3.05) is 26.7 Å². The quantitative estimate of drug-likeness (QED) is 0.401. The van der Waals surface area contributed by atoms with Crippen LogP contribution in [-0.2, 0) is 11.2 Å². The van der Waals surface area contributed by atoms with Crippen LogP contribution in [0, 0.1) is 10.8 Å². The molecule has 0 bridgehead atoms. The molecule has 1 saturated heterocycles. The number of nitrogens with zero attached hydrogens (tertiary/aromatic N) is 2. The summed E-state index contributed by atoms with van der Waals surface area (Å²) in [7, 11) is 2.07. The monoisotopic (exact) mass is 397 g/mol. The number of para-hydroxylation sites is 1. The first kappa shape index (κ1) is 20.9. The Morgan fingerprint density at radius 2 is 2.00 bits per heavy atom. The Kier molecular flexibility index (Phi) is 5.93. The number of guanidine groups is 1. The zero-order valence-electron chi connectivity index (χ0n) is 17.6. The summed E-state index contributed by atoms with van der Waals surface area (Å²) >= 11 is 0. The van der Waals surface area contributed by atoms with Crippen molar-refractivity contribution < 1.29 is 4.79 Å². The number of amides is 1. The lowest BCUT2D eigenvalue weighted by Gasteiger charge is -2.46. The molecule has 3 rings (SSSR count). The highest BCUT2D eigenvalue weighted by Gasteiger charge is 2.32. The molecule has 1 amide bonds. The molecular formula is C21H31N7O. The number of amidine groups is 1. The van der Waals surface area contributed by atoms with Gasteiger partial charge in [0.2, 0.25) is 0 Å². The summed E-state index contributed by atoms with van der Waals surface area (Å²) in [6, 6.07) is 7.91. The van der Waals surface area contributed by atoms with Gasteiger partial charge in [0, 0.05) is 48.3 Å². The summed E-state index contributed by atoms with van der Waals surface area (Å²) in [6.07, 6.45) is 2.62. The minimum atomic E-state index is -0.504. The molecule has 0 radical (unpaired) electrons. The van der Waals surface area contributed by atoms with E-state index in [0.29, 0.717) is 19.5 Å². The molecule has 29 heavy (non-hydrogen) atoms. The van der Waals surface area contributed by atoms with Gasteiger partial charge >= 0.3 is 0 Å². The molecule has 8 nitrogen and oxygen atoms in total. The number of hydrogen-bond donors (Lipinski definition) is 5. The summed E-state index contributed by atoms with van der Waals surface area (Å²) in [5, 5.41) is 22.9. The normalized spacial score (nSPS) is 17.7. The van der Waals surface area contributed by atoms with E-state index in [1.54, 1.807) is 0 Å². The third kappa shape index (κ3) is 4.76. The minimum Gasteiger partial charge on any atom is -0.361 e. The number of carbonyl (C=O) groups excluding carboxylic acids is 1. The molecule has 1 aromatic carbocycles. The molecule has 1 unspecified atom stereocenters. The molecule has 2 aromatic rings. The first-order chi connectivity index (χ1) is 13.7. The van der Waals surface area contributed by atoms with E-state index in [0.717, 1.165) is 23.0 Å². The average Bonchev–Trinajstić information content (AvgIpc) is 3.06. The van der Waals surface area contributed by atoms with Crippen molar-refractivity contribution in [3.05, 3.63) is 36.0 Å². The van der Waals surface area contributed by atoms with E-state index in [4.69, 9.17) is 10.8 Å². The number of aromatic amines is 1. The second-order valence-electron chi connectivity index (χ2n) is 8.44. The second-order valence-corrected chi connectivity index (χ2v) is 8.44. The maximum atomic E-state index is 12.4. The van der Waals surface area contributed by atoms with Crippen LogP contribution in [0.5, 0.6) is 0 Å². The maximum Gasteiger partial charge on any atom is 0.286 e. The fraction of sp³-hybridized carbons (Fsp3) is 0.476. The smallest absolute Gasteiger partial charge is 0.286 e. The number of H-pyrrole nitrogens is 1. The lowest BCUT2D eigenvalue weighted by Crippen LogP contribution is -2.61. The van der Waals surface area contributed by atoms with Gasteiger partial charge in [-0.15, -0.1) is 0 Å². The largest absolute Gasteiger partial charge is 0.361 e. The van der Waals surface area contributed by atoms with Crippen molar-refractivity contribution in [1.82, 2.24) is 25.4 Å². The number of carbonyl (C=O) groups is 1. The molecule has 1 aliphatic rings. The molecule has 0 aliphatic carbocycles. The number of benzene rings is 1. The van der Waals surface area contributed by atoms with Crippen LogP contribution >= 0.6 is 0 Å². The highest BCUT2D eigenvalue weighted by atomic mass is 16.2. The fourth-order valence-electron chi connectivity index (χ4n) is 3.66. The van der Waals surface area contributed by atoms with Gasteiger partial charge in [-0.1, -0.05) is 18.2 Å². The predicted molar refractivity (Wildman–Crippen MR) is 116 cm³/mol. The van der Waals surface area contributed by atoms with Gasteiger partial charge < -0.3 is 20.5 Å². The zero-order valence-corrected chi connectivity index (χ0v) is 17.6. The Labute approximate surface area is 171 Å². The van der Waals surface area contributed by atoms with Crippen LogP contribution in [0.4, 0.5) is 0 Å². The van der Waals surface area contributed by atoms with Crippen LogP contribution in [0.2, 0.25) is 0 Å². The lowest BCUT2D eigenvalue weighted by atomic mass is 10.00. The highest BCUT2D eigenvalue weighted by molar-refractivity contribution is 6.39. The zero-order chi connectivity index (χ0) is 21.2. The number of hydrogen-bond acceptors (Lipinski definition) is 4. The van der Waals surface area contributed by atoms with E-state index in [2.05, 4.69) is 47.5 Å². The van der Waals surface area contributed by atoms with Crippen molar-refractivity contribution >= 4 is 28.6 Å². The molecule has 1 atom stereocenters. The van der Waals surface area contributed by atoms with Crippen molar-refractivity contribution in [1.29, 1.82) is 10.8 Å². The predicted octanol–water partition coefficient (Wildman–Crippen LogP) is 1.74. The molecule has 5 N–H and O–H groups in total. The molecule has 0 saturated carbocycles. The molecule has 0 spiro atoms. The molecule has 156 valence electrons. The van der Waals surface area contributed by atoms with E-state index in [9.17, 15) is 4.79 Å². The molecule has 8 heteroatoms. The van der Waals surface area contributed by atoms with E-state index in [1.807, 2.05) is 36.2 Å². The summed E-state index contributed by atoms with van der Waals surface area (Å²) in [5.41, 5.74) is 2.13. The van der Waals surface area contributed by atoms with Crippen LogP contribution in [0.3, 0.4) is 0 Å².